The van der Waals surface area contributed by atoms with Gasteiger partial charge in [-0.15, -0.1) is 4.72 Å². The molecule has 0 N–H and O–H groups in total. The Hall–Kier alpha value is -0.870. The van der Waals surface area contributed by atoms with E-state index in [0.29, 0.717) is 4.90 Å². The Kier molecular flexibility index (Phi) is 1.56. The van der Waals surface area contributed by atoms with Crippen molar-refractivity contribution in [3.63, 3.8) is 0 Å². The lowest BCUT2D eigenvalue weighted by Crippen LogP contribution is -2.25. The fourth-order valence-corrected chi connectivity index (χ4v) is 3.24. The van der Waals surface area contributed by atoms with Crippen LogP contribution in [0.4, 0.5) is 0 Å². The molecule has 1 aliphatic heterocycles. The van der Waals surface area contributed by atoms with Crippen LogP contribution in [0.1, 0.15) is 19.4 Å². The molecule has 0 spiro atoms. The molecule has 13 heavy (non-hydrogen) atoms. The predicted octanol–water partition coefficient (Wildman–Crippen LogP) is 1.23. The van der Waals surface area contributed by atoms with Crippen LogP contribution < -0.4 is 4.72 Å². The van der Waals surface area contributed by atoms with E-state index in [1.165, 1.54) is 0 Å². The molecule has 0 saturated carbocycles. The van der Waals surface area contributed by atoms with Crippen molar-refractivity contribution < 1.29 is 8.42 Å². The fraction of sp³-hybridized carbons (Fsp3) is 0.333. The Morgan fingerprint density at radius 1 is 1.23 bits per heavy atom. The molecule has 3 nitrogen and oxygen atoms in total. The van der Waals surface area contributed by atoms with Crippen molar-refractivity contribution in [1.82, 2.24) is 4.72 Å². The minimum Gasteiger partial charge on any atom is -0.206 e. The van der Waals surface area contributed by atoms with E-state index < -0.39 is 15.6 Å². The summed E-state index contributed by atoms with van der Waals surface area (Å²) in [5.74, 6) is 0. The van der Waals surface area contributed by atoms with Crippen molar-refractivity contribution in [2.24, 2.45) is 0 Å². The van der Waals surface area contributed by atoms with Gasteiger partial charge in [-0.2, -0.15) is 0 Å². The lowest BCUT2D eigenvalue weighted by Gasteiger charge is -2.14. The fourth-order valence-electron chi connectivity index (χ4n) is 1.60. The van der Waals surface area contributed by atoms with Gasteiger partial charge in [-0.25, -0.2) is 8.42 Å². The minimum absolute atomic E-state index is 0.347. The lowest BCUT2D eigenvalue weighted by molar-refractivity contribution is 0.486. The van der Waals surface area contributed by atoms with Gasteiger partial charge in [-0.05, 0) is 25.5 Å². The van der Waals surface area contributed by atoms with E-state index in [4.69, 9.17) is 0 Å². The van der Waals surface area contributed by atoms with Crippen LogP contribution in [0.15, 0.2) is 29.2 Å². The second kappa shape index (κ2) is 2.33. The Balaban J connectivity index is 2.79. The average molecular weight is 196 g/mol. The van der Waals surface area contributed by atoms with Crippen LogP contribution in [0.2, 0.25) is 0 Å². The molecule has 0 bridgehead atoms. The van der Waals surface area contributed by atoms with Gasteiger partial charge in [-0.3, -0.25) is 0 Å². The van der Waals surface area contributed by atoms with Crippen LogP contribution >= 0.6 is 0 Å². The predicted molar refractivity (Wildman–Crippen MR) is 48.8 cm³/mol. The molecule has 0 amide bonds. The molecule has 0 aromatic heterocycles. The standard InChI is InChI=1S/C9H10NO2S/c1-9(2)7-5-3-4-6-8(7)13(11,12)10-9/h3-6H,1-2H3. The third kappa shape index (κ3) is 1.17. The van der Waals surface area contributed by atoms with E-state index in [9.17, 15) is 8.42 Å². The van der Waals surface area contributed by atoms with Gasteiger partial charge >= 0.3 is 0 Å². The van der Waals surface area contributed by atoms with Crippen molar-refractivity contribution in [2.45, 2.75) is 24.3 Å². The van der Waals surface area contributed by atoms with E-state index in [2.05, 4.69) is 4.72 Å². The molecule has 1 radical (unpaired) electrons. The van der Waals surface area contributed by atoms with E-state index in [1.807, 2.05) is 12.1 Å². The molecular formula is C9H10NO2S. The maximum atomic E-state index is 11.5. The molecule has 1 aromatic rings. The normalized spacial score (nSPS) is 22.6. The van der Waals surface area contributed by atoms with E-state index in [1.54, 1.807) is 26.0 Å². The quantitative estimate of drug-likeness (QED) is 0.626. The largest absolute Gasteiger partial charge is 0.258 e. The van der Waals surface area contributed by atoms with E-state index in [-0.39, 0.29) is 0 Å². The molecule has 0 aliphatic carbocycles. The van der Waals surface area contributed by atoms with Crippen LogP contribution in [-0.4, -0.2) is 8.42 Å². The molecule has 1 aliphatic rings. The Morgan fingerprint density at radius 2 is 1.85 bits per heavy atom. The Bertz CT molecular complexity index is 448. The second-order valence-electron chi connectivity index (χ2n) is 3.62. The Morgan fingerprint density at radius 3 is 2.46 bits per heavy atom. The van der Waals surface area contributed by atoms with Gasteiger partial charge in [0.1, 0.15) is 0 Å². The van der Waals surface area contributed by atoms with E-state index >= 15 is 0 Å². The lowest BCUT2D eigenvalue weighted by atomic mass is 9.96. The third-order valence-electron chi connectivity index (χ3n) is 2.17. The molecule has 0 fully saturated rings. The smallest absolute Gasteiger partial charge is 0.206 e. The number of nitrogens with zero attached hydrogens (tertiary/aromatic N) is 1. The number of sulfonamides is 1. The summed E-state index contributed by atoms with van der Waals surface area (Å²) in [6, 6.07) is 6.95. The molecule has 1 heterocycles. The van der Waals surface area contributed by atoms with Crippen LogP contribution in [-0.2, 0) is 15.6 Å². The topological polar surface area (TPSA) is 48.2 Å². The molecule has 4 heteroatoms. The summed E-state index contributed by atoms with van der Waals surface area (Å²) < 4.78 is 26.8. The molecule has 69 valence electrons. The van der Waals surface area contributed by atoms with Crippen molar-refractivity contribution in [3.05, 3.63) is 29.8 Å². The minimum atomic E-state index is -3.39. The van der Waals surface area contributed by atoms with Crippen LogP contribution in [0.3, 0.4) is 0 Å². The highest BCUT2D eigenvalue weighted by atomic mass is 32.2. The summed E-state index contributed by atoms with van der Waals surface area (Å²) in [5, 5.41) is 0. The number of rotatable bonds is 0. The average Bonchev–Trinajstić information content (AvgIpc) is 2.20. The highest BCUT2D eigenvalue weighted by Gasteiger charge is 2.41. The van der Waals surface area contributed by atoms with Gasteiger partial charge in [0.25, 0.3) is 10.0 Å². The van der Waals surface area contributed by atoms with Crippen molar-refractivity contribution >= 4 is 10.0 Å². The highest BCUT2D eigenvalue weighted by Crippen LogP contribution is 2.36. The van der Waals surface area contributed by atoms with Gasteiger partial charge in [-0.1, -0.05) is 18.2 Å². The maximum Gasteiger partial charge on any atom is 0.258 e. The summed E-state index contributed by atoms with van der Waals surface area (Å²) >= 11 is 0. The molecule has 2 rings (SSSR count). The number of hydrogen-bond donors (Lipinski definition) is 0. The molecule has 0 unspecified atom stereocenters. The first-order valence-electron chi connectivity index (χ1n) is 4.02. The Labute approximate surface area is 77.8 Å². The highest BCUT2D eigenvalue weighted by molar-refractivity contribution is 7.89. The summed E-state index contributed by atoms with van der Waals surface area (Å²) in [4.78, 5) is 0.347. The van der Waals surface area contributed by atoms with Gasteiger partial charge in [0, 0.05) is 0 Å². The summed E-state index contributed by atoms with van der Waals surface area (Å²) in [7, 11) is -3.39. The third-order valence-corrected chi connectivity index (χ3v) is 3.78. The monoisotopic (exact) mass is 196 g/mol. The molecule has 0 atom stereocenters. The SMILES string of the molecule is CC1(C)[N]S(=O)(=O)c2ccccc21. The maximum absolute atomic E-state index is 11.5. The van der Waals surface area contributed by atoms with Crippen molar-refractivity contribution in [2.75, 3.05) is 0 Å². The first kappa shape index (κ1) is 8.72. The molecular weight excluding hydrogens is 186 g/mol. The second-order valence-corrected chi connectivity index (χ2v) is 5.19. The number of hydrogen-bond acceptors (Lipinski definition) is 2. The zero-order valence-corrected chi connectivity index (χ0v) is 8.30. The zero-order valence-electron chi connectivity index (χ0n) is 7.48. The van der Waals surface area contributed by atoms with Gasteiger partial charge < -0.3 is 0 Å². The summed E-state index contributed by atoms with van der Waals surface area (Å²) in [6.07, 6.45) is 0. The molecule has 0 saturated heterocycles. The summed E-state index contributed by atoms with van der Waals surface area (Å²) in [5.41, 5.74) is 0.185. The van der Waals surface area contributed by atoms with Gasteiger partial charge in [0.2, 0.25) is 0 Å². The van der Waals surface area contributed by atoms with E-state index in [0.717, 1.165) is 5.56 Å². The number of fused-ring (bicyclic) bond motifs is 1. The van der Waals surface area contributed by atoms with Crippen molar-refractivity contribution in [3.8, 4) is 0 Å². The summed E-state index contributed by atoms with van der Waals surface area (Å²) in [6.45, 7) is 3.60. The first-order valence-corrected chi connectivity index (χ1v) is 5.46. The number of benzene rings is 1. The van der Waals surface area contributed by atoms with Crippen LogP contribution in [0.5, 0.6) is 0 Å². The molecule has 1 aromatic carbocycles. The van der Waals surface area contributed by atoms with Gasteiger partial charge in [0.05, 0.1) is 10.4 Å². The zero-order chi connectivity index (χ0) is 9.69. The first-order chi connectivity index (χ1) is 5.93. The van der Waals surface area contributed by atoms with Crippen molar-refractivity contribution in [1.29, 1.82) is 0 Å². The van der Waals surface area contributed by atoms with Crippen LogP contribution in [0.25, 0.3) is 0 Å². The van der Waals surface area contributed by atoms with Gasteiger partial charge in [0.15, 0.2) is 0 Å². The van der Waals surface area contributed by atoms with Crippen LogP contribution in [0, 0.1) is 0 Å².